The van der Waals surface area contributed by atoms with E-state index < -0.39 is 0 Å². The Morgan fingerprint density at radius 2 is 1.92 bits per heavy atom. The predicted octanol–water partition coefficient (Wildman–Crippen LogP) is 2.16. The van der Waals surface area contributed by atoms with Crippen LogP contribution in [0.25, 0.3) is 0 Å². The quantitative estimate of drug-likeness (QED) is 0.850. The van der Waals surface area contributed by atoms with Crippen molar-refractivity contribution in [1.29, 1.82) is 0 Å². The fraction of sp³-hybridized carbons (Fsp3) is 0.500. The summed E-state index contributed by atoms with van der Waals surface area (Å²) in [7, 11) is 5.13. The summed E-state index contributed by atoms with van der Waals surface area (Å²) in [4.78, 5) is 14.9. The molecule has 0 bridgehead atoms. The Balaban J connectivity index is 1.84. The molecule has 0 aliphatic carbocycles. The average Bonchev–Trinajstić information content (AvgIpc) is 3.07. The lowest BCUT2D eigenvalue weighted by Gasteiger charge is -2.32. The maximum absolute atomic E-state index is 13.0. The number of likely N-dealkylation sites (tertiary alicyclic amines) is 1. The standard InChI is InChI=1S/C18H24N4O3/c1-12-15(24-3)8-14(9-16(12)25-4)18(23)22-7-5-6-13(10-22)17-20-19-11-21(17)2/h8-9,11,13H,5-7,10H2,1-4H3/t13-/m0/s1. The smallest absolute Gasteiger partial charge is 0.254 e. The summed E-state index contributed by atoms with van der Waals surface area (Å²) in [5, 5.41) is 8.16. The van der Waals surface area contributed by atoms with Gasteiger partial charge in [-0.15, -0.1) is 10.2 Å². The molecule has 1 aliphatic heterocycles. The Labute approximate surface area is 147 Å². The molecular weight excluding hydrogens is 320 g/mol. The van der Waals surface area contributed by atoms with E-state index >= 15 is 0 Å². The molecule has 7 nitrogen and oxygen atoms in total. The lowest BCUT2D eigenvalue weighted by atomic mass is 9.96. The summed E-state index contributed by atoms with van der Waals surface area (Å²) >= 11 is 0. The van der Waals surface area contributed by atoms with Crippen molar-refractivity contribution in [1.82, 2.24) is 19.7 Å². The van der Waals surface area contributed by atoms with Crippen LogP contribution in [0.3, 0.4) is 0 Å². The van der Waals surface area contributed by atoms with Crippen molar-refractivity contribution in [2.24, 2.45) is 7.05 Å². The van der Waals surface area contributed by atoms with Crippen molar-refractivity contribution >= 4 is 5.91 Å². The molecular formula is C18H24N4O3. The van der Waals surface area contributed by atoms with Gasteiger partial charge in [0.05, 0.1) is 14.2 Å². The van der Waals surface area contributed by atoms with Crippen LogP contribution in [0.4, 0.5) is 0 Å². The van der Waals surface area contributed by atoms with E-state index in [0.717, 1.165) is 30.8 Å². The number of hydrogen-bond acceptors (Lipinski definition) is 5. The summed E-state index contributed by atoms with van der Waals surface area (Å²) in [6.45, 7) is 3.30. The summed E-state index contributed by atoms with van der Waals surface area (Å²) in [5.74, 6) is 2.44. The number of piperidine rings is 1. The average molecular weight is 344 g/mol. The molecule has 0 radical (unpaired) electrons. The van der Waals surface area contributed by atoms with E-state index in [1.54, 1.807) is 32.7 Å². The summed E-state index contributed by atoms with van der Waals surface area (Å²) in [6, 6.07) is 3.57. The van der Waals surface area contributed by atoms with E-state index in [4.69, 9.17) is 9.47 Å². The van der Waals surface area contributed by atoms with Gasteiger partial charge in [0.1, 0.15) is 23.7 Å². The number of amides is 1. The summed E-state index contributed by atoms with van der Waals surface area (Å²) < 4.78 is 12.7. The van der Waals surface area contributed by atoms with Crippen LogP contribution in [-0.2, 0) is 7.05 Å². The minimum absolute atomic E-state index is 0.0107. The monoisotopic (exact) mass is 344 g/mol. The number of carbonyl (C=O) groups is 1. The zero-order valence-electron chi connectivity index (χ0n) is 15.2. The zero-order valence-corrected chi connectivity index (χ0v) is 15.2. The maximum atomic E-state index is 13.0. The van der Waals surface area contributed by atoms with E-state index in [0.29, 0.717) is 23.6 Å². The number of rotatable bonds is 4. The van der Waals surface area contributed by atoms with Crippen molar-refractivity contribution < 1.29 is 14.3 Å². The van der Waals surface area contributed by atoms with Crippen LogP contribution >= 0.6 is 0 Å². The van der Waals surface area contributed by atoms with Crippen LogP contribution in [0.2, 0.25) is 0 Å². The zero-order chi connectivity index (χ0) is 18.0. The lowest BCUT2D eigenvalue weighted by molar-refractivity contribution is 0.0702. The molecule has 7 heteroatoms. The highest BCUT2D eigenvalue weighted by Crippen LogP contribution is 2.31. The van der Waals surface area contributed by atoms with Crippen molar-refractivity contribution in [2.45, 2.75) is 25.7 Å². The minimum atomic E-state index is -0.0107. The molecule has 3 rings (SSSR count). The van der Waals surface area contributed by atoms with Crippen molar-refractivity contribution in [3.8, 4) is 11.5 Å². The number of aromatic nitrogens is 3. The number of carbonyl (C=O) groups excluding carboxylic acids is 1. The molecule has 25 heavy (non-hydrogen) atoms. The van der Waals surface area contributed by atoms with Gasteiger partial charge < -0.3 is 18.9 Å². The molecule has 2 heterocycles. The van der Waals surface area contributed by atoms with Crippen molar-refractivity contribution in [2.75, 3.05) is 27.3 Å². The highest BCUT2D eigenvalue weighted by molar-refractivity contribution is 5.95. The topological polar surface area (TPSA) is 69.5 Å². The highest BCUT2D eigenvalue weighted by Gasteiger charge is 2.28. The second-order valence-corrected chi connectivity index (χ2v) is 6.40. The van der Waals surface area contributed by atoms with Gasteiger partial charge in [0, 0.05) is 37.2 Å². The summed E-state index contributed by atoms with van der Waals surface area (Å²) in [5.41, 5.74) is 1.47. The molecule has 1 aromatic heterocycles. The van der Waals surface area contributed by atoms with Crippen LogP contribution in [0.15, 0.2) is 18.5 Å². The van der Waals surface area contributed by atoms with E-state index in [-0.39, 0.29) is 11.8 Å². The first-order valence-corrected chi connectivity index (χ1v) is 8.41. The number of nitrogens with zero attached hydrogens (tertiary/aromatic N) is 4. The molecule has 0 spiro atoms. The number of methoxy groups -OCH3 is 2. The predicted molar refractivity (Wildman–Crippen MR) is 93.2 cm³/mol. The molecule has 1 fully saturated rings. The van der Waals surface area contributed by atoms with Gasteiger partial charge in [0.15, 0.2) is 0 Å². The molecule has 2 aromatic rings. The van der Waals surface area contributed by atoms with Gasteiger partial charge in [-0.3, -0.25) is 4.79 Å². The van der Waals surface area contributed by atoms with E-state index in [1.807, 2.05) is 23.4 Å². The largest absolute Gasteiger partial charge is 0.496 e. The maximum Gasteiger partial charge on any atom is 0.254 e. The van der Waals surface area contributed by atoms with Gasteiger partial charge in [-0.1, -0.05) is 0 Å². The Morgan fingerprint density at radius 3 is 2.48 bits per heavy atom. The molecule has 134 valence electrons. The van der Waals surface area contributed by atoms with E-state index in [9.17, 15) is 4.79 Å². The molecule has 1 aliphatic rings. The Bertz CT molecular complexity index is 746. The van der Waals surface area contributed by atoms with Gasteiger partial charge in [0.2, 0.25) is 0 Å². The number of benzene rings is 1. The Morgan fingerprint density at radius 1 is 1.24 bits per heavy atom. The summed E-state index contributed by atoms with van der Waals surface area (Å²) in [6.07, 6.45) is 3.66. The molecule has 1 saturated heterocycles. The normalized spacial score (nSPS) is 17.4. The molecule has 1 aromatic carbocycles. The third kappa shape index (κ3) is 3.31. The first-order chi connectivity index (χ1) is 12.0. The van der Waals surface area contributed by atoms with Crippen molar-refractivity contribution in [3.63, 3.8) is 0 Å². The molecule has 0 unspecified atom stereocenters. The Hall–Kier alpha value is -2.57. The van der Waals surface area contributed by atoms with Crippen LogP contribution < -0.4 is 9.47 Å². The van der Waals surface area contributed by atoms with Gasteiger partial charge >= 0.3 is 0 Å². The van der Waals surface area contributed by atoms with Gasteiger partial charge in [-0.05, 0) is 31.9 Å². The van der Waals surface area contributed by atoms with Crippen LogP contribution in [0, 0.1) is 6.92 Å². The minimum Gasteiger partial charge on any atom is -0.496 e. The Kier molecular flexibility index (Phi) is 4.92. The number of ether oxygens (including phenoxy) is 2. The second kappa shape index (κ2) is 7.13. The third-order valence-electron chi connectivity index (χ3n) is 4.82. The van der Waals surface area contributed by atoms with Gasteiger partial charge in [0.25, 0.3) is 5.91 Å². The molecule has 0 N–H and O–H groups in total. The van der Waals surface area contributed by atoms with Crippen LogP contribution in [0.1, 0.15) is 40.5 Å². The van der Waals surface area contributed by atoms with Crippen LogP contribution in [0.5, 0.6) is 11.5 Å². The first kappa shape index (κ1) is 17.3. The van der Waals surface area contributed by atoms with E-state index in [1.165, 1.54) is 0 Å². The van der Waals surface area contributed by atoms with Gasteiger partial charge in [-0.2, -0.15) is 0 Å². The molecule has 1 amide bonds. The van der Waals surface area contributed by atoms with Crippen LogP contribution in [-0.4, -0.2) is 52.9 Å². The fourth-order valence-corrected chi connectivity index (χ4v) is 3.43. The lowest BCUT2D eigenvalue weighted by Crippen LogP contribution is -2.39. The second-order valence-electron chi connectivity index (χ2n) is 6.40. The third-order valence-corrected chi connectivity index (χ3v) is 4.82. The highest BCUT2D eigenvalue weighted by atomic mass is 16.5. The SMILES string of the molecule is COc1cc(C(=O)N2CCC[C@H](c3nncn3C)C2)cc(OC)c1C. The number of hydrogen-bond donors (Lipinski definition) is 0. The van der Waals surface area contributed by atoms with Gasteiger partial charge in [-0.25, -0.2) is 0 Å². The first-order valence-electron chi connectivity index (χ1n) is 8.41. The van der Waals surface area contributed by atoms with E-state index in [2.05, 4.69) is 10.2 Å². The van der Waals surface area contributed by atoms with Crippen molar-refractivity contribution in [3.05, 3.63) is 35.4 Å². The molecule has 1 atom stereocenters. The molecule has 0 saturated carbocycles. The number of aryl methyl sites for hydroxylation is 1. The fourth-order valence-electron chi connectivity index (χ4n) is 3.43.